The van der Waals surface area contributed by atoms with E-state index in [-0.39, 0.29) is 5.78 Å². The molecule has 1 aromatic carbocycles. The zero-order chi connectivity index (χ0) is 13.7. The maximum atomic E-state index is 12.1. The number of hydrogen-bond donors (Lipinski definition) is 0. The molecule has 4 heteroatoms. The van der Waals surface area contributed by atoms with E-state index in [9.17, 15) is 4.79 Å². The van der Waals surface area contributed by atoms with Crippen molar-refractivity contribution in [1.82, 2.24) is 4.90 Å². The van der Waals surface area contributed by atoms with Crippen molar-refractivity contribution < 1.29 is 9.53 Å². The minimum atomic E-state index is 0.115. The van der Waals surface area contributed by atoms with Crippen molar-refractivity contribution in [2.24, 2.45) is 0 Å². The molecule has 104 valence electrons. The van der Waals surface area contributed by atoms with Crippen LogP contribution in [0.15, 0.2) is 24.3 Å². The van der Waals surface area contributed by atoms with Crippen LogP contribution in [-0.4, -0.2) is 43.5 Å². The van der Waals surface area contributed by atoms with Crippen molar-refractivity contribution in [3.63, 3.8) is 0 Å². The van der Waals surface area contributed by atoms with Gasteiger partial charge in [-0.3, -0.25) is 4.79 Å². The first kappa shape index (κ1) is 14.5. The van der Waals surface area contributed by atoms with Gasteiger partial charge in [-0.05, 0) is 32.0 Å². The summed E-state index contributed by atoms with van der Waals surface area (Å²) in [5, 5.41) is 0.543. The van der Waals surface area contributed by atoms with Crippen LogP contribution in [0.4, 0.5) is 0 Å². The molecule has 1 aromatic rings. The van der Waals surface area contributed by atoms with Crippen LogP contribution >= 0.6 is 11.6 Å². The third-order valence-corrected chi connectivity index (χ3v) is 4.01. The summed E-state index contributed by atoms with van der Waals surface area (Å²) in [6.45, 7) is 2.43. The molecule has 1 saturated heterocycles. The maximum Gasteiger partial charge on any atom is 0.165 e. The van der Waals surface area contributed by atoms with Crippen molar-refractivity contribution in [3.05, 3.63) is 34.9 Å². The number of ether oxygens (including phenoxy) is 1. The number of carbonyl (C=O) groups is 1. The molecule has 3 nitrogen and oxygen atoms in total. The first-order chi connectivity index (χ1) is 9.18. The lowest BCUT2D eigenvalue weighted by atomic mass is 10.1. The van der Waals surface area contributed by atoms with E-state index in [1.54, 1.807) is 12.1 Å². The second-order valence-electron chi connectivity index (χ2n) is 4.98. The molecule has 1 aliphatic rings. The second-order valence-corrected chi connectivity index (χ2v) is 5.38. The standard InChI is InChI=1S/C15H20ClNO2/c1-17(12-7-10-19-11-8-12)9-6-15(18)13-4-2-3-5-14(13)16/h2-5,12H,6-11H2,1H3. The van der Waals surface area contributed by atoms with Crippen LogP contribution in [0.25, 0.3) is 0 Å². The molecular formula is C15H20ClNO2. The lowest BCUT2D eigenvalue weighted by Gasteiger charge is -2.30. The fraction of sp³-hybridized carbons (Fsp3) is 0.533. The van der Waals surface area contributed by atoms with Crippen molar-refractivity contribution in [1.29, 1.82) is 0 Å². The number of hydrogen-bond acceptors (Lipinski definition) is 3. The summed E-state index contributed by atoms with van der Waals surface area (Å²) < 4.78 is 5.35. The number of halogens is 1. The van der Waals surface area contributed by atoms with Crippen molar-refractivity contribution in [2.45, 2.75) is 25.3 Å². The van der Waals surface area contributed by atoms with Gasteiger partial charge in [0, 0.05) is 37.8 Å². The van der Waals surface area contributed by atoms with E-state index in [4.69, 9.17) is 16.3 Å². The Morgan fingerprint density at radius 1 is 1.37 bits per heavy atom. The zero-order valence-electron chi connectivity index (χ0n) is 11.3. The van der Waals surface area contributed by atoms with E-state index >= 15 is 0 Å². The van der Waals surface area contributed by atoms with E-state index in [1.807, 2.05) is 12.1 Å². The molecule has 1 heterocycles. The van der Waals surface area contributed by atoms with Gasteiger partial charge in [0.05, 0.1) is 5.02 Å². The summed E-state index contributed by atoms with van der Waals surface area (Å²) in [6.07, 6.45) is 2.62. The Morgan fingerprint density at radius 3 is 2.74 bits per heavy atom. The summed E-state index contributed by atoms with van der Waals surface area (Å²) in [6, 6.07) is 7.78. The monoisotopic (exact) mass is 281 g/mol. The van der Waals surface area contributed by atoms with Crippen LogP contribution in [0.3, 0.4) is 0 Å². The largest absolute Gasteiger partial charge is 0.381 e. The molecule has 0 aromatic heterocycles. The zero-order valence-corrected chi connectivity index (χ0v) is 12.0. The van der Waals surface area contributed by atoms with E-state index in [1.165, 1.54) is 0 Å². The Labute approximate surface area is 119 Å². The average molecular weight is 282 g/mol. The highest BCUT2D eigenvalue weighted by atomic mass is 35.5. The van der Waals surface area contributed by atoms with Gasteiger partial charge in [0.15, 0.2) is 5.78 Å². The third-order valence-electron chi connectivity index (χ3n) is 3.68. The van der Waals surface area contributed by atoms with E-state index in [0.717, 1.165) is 32.6 Å². The van der Waals surface area contributed by atoms with E-state index in [0.29, 0.717) is 23.0 Å². The molecule has 0 saturated carbocycles. The van der Waals surface area contributed by atoms with Crippen LogP contribution in [0.2, 0.25) is 5.02 Å². The number of rotatable bonds is 5. The van der Waals surface area contributed by atoms with Gasteiger partial charge in [0.25, 0.3) is 0 Å². The predicted molar refractivity (Wildman–Crippen MR) is 76.9 cm³/mol. The normalized spacial score (nSPS) is 16.8. The minimum absolute atomic E-state index is 0.115. The first-order valence-electron chi connectivity index (χ1n) is 6.74. The van der Waals surface area contributed by atoms with Crippen LogP contribution in [-0.2, 0) is 4.74 Å². The topological polar surface area (TPSA) is 29.5 Å². The number of nitrogens with zero attached hydrogens (tertiary/aromatic N) is 1. The smallest absolute Gasteiger partial charge is 0.165 e. The second kappa shape index (κ2) is 7.04. The lowest BCUT2D eigenvalue weighted by molar-refractivity contribution is 0.0425. The molecule has 0 radical (unpaired) electrons. The Bertz CT molecular complexity index is 430. The number of benzene rings is 1. The lowest BCUT2D eigenvalue weighted by Crippen LogP contribution is -2.37. The van der Waals surface area contributed by atoms with Gasteiger partial charge in [-0.25, -0.2) is 0 Å². The number of Topliss-reactive ketones (excluding diaryl/α,β-unsaturated/α-hetero) is 1. The molecule has 0 aliphatic carbocycles. The molecule has 1 aliphatic heterocycles. The quantitative estimate of drug-likeness (QED) is 0.777. The van der Waals surface area contributed by atoms with Gasteiger partial charge in [-0.2, -0.15) is 0 Å². The molecule has 1 fully saturated rings. The Hall–Kier alpha value is -0.900. The minimum Gasteiger partial charge on any atom is -0.381 e. The van der Waals surface area contributed by atoms with Crippen molar-refractivity contribution in [3.8, 4) is 0 Å². The van der Waals surface area contributed by atoms with Gasteiger partial charge in [0.2, 0.25) is 0 Å². The third kappa shape index (κ3) is 4.03. The molecule has 2 rings (SSSR count). The molecule has 0 N–H and O–H groups in total. The van der Waals surface area contributed by atoms with E-state index in [2.05, 4.69) is 11.9 Å². The summed E-state index contributed by atoms with van der Waals surface area (Å²) in [4.78, 5) is 14.4. The summed E-state index contributed by atoms with van der Waals surface area (Å²) in [5.74, 6) is 0.115. The number of ketones is 1. The van der Waals surface area contributed by atoms with Crippen LogP contribution in [0.1, 0.15) is 29.6 Å². The summed E-state index contributed by atoms with van der Waals surface area (Å²) in [5.41, 5.74) is 0.629. The highest BCUT2D eigenvalue weighted by molar-refractivity contribution is 6.33. The van der Waals surface area contributed by atoms with Gasteiger partial charge >= 0.3 is 0 Å². The molecule has 0 spiro atoms. The molecule has 0 unspecified atom stereocenters. The molecule has 0 amide bonds. The fourth-order valence-corrected chi connectivity index (χ4v) is 2.65. The van der Waals surface area contributed by atoms with E-state index < -0.39 is 0 Å². The molecule has 0 bridgehead atoms. The van der Waals surface area contributed by atoms with Crippen LogP contribution in [0, 0.1) is 0 Å². The molecule has 19 heavy (non-hydrogen) atoms. The predicted octanol–water partition coefficient (Wildman–Crippen LogP) is 3.02. The van der Waals surface area contributed by atoms with Gasteiger partial charge in [-0.1, -0.05) is 23.7 Å². The summed E-state index contributed by atoms with van der Waals surface area (Å²) in [7, 11) is 2.08. The molecule has 0 atom stereocenters. The fourth-order valence-electron chi connectivity index (χ4n) is 2.41. The average Bonchev–Trinajstić information content (AvgIpc) is 2.46. The highest BCUT2D eigenvalue weighted by Crippen LogP contribution is 2.18. The van der Waals surface area contributed by atoms with Crippen molar-refractivity contribution >= 4 is 17.4 Å². The van der Waals surface area contributed by atoms with Gasteiger partial charge in [-0.15, -0.1) is 0 Å². The molecular weight excluding hydrogens is 262 g/mol. The maximum absolute atomic E-state index is 12.1. The Morgan fingerprint density at radius 2 is 2.05 bits per heavy atom. The number of carbonyl (C=O) groups excluding carboxylic acids is 1. The van der Waals surface area contributed by atoms with Crippen molar-refractivity contribution in [2.75, 3.05) is 26.8 Å². The highest BCUT2D eigenvalue weighted by Gasteiger charge is 2.19. The Balaban J connectivity index is 1.84. The van der Waals surface area contributed by atoms with Gasteiger partial charge < -0.3 is 9.64 Å². The first-order valence-corrected chi connectivity index (χ1v) is 7.12. The SMILES string of the molecule is CN(CCC(=O)c1ccccc1Cl)C1CCOCC1. The van der Waals surface area contributed by atoms with Crippen LogP contribution in [0.5, 0.6) is 0 Å². The van der Waals surface area contributed by atoms with Crippen LogP contribution < -0.4 is 0 Å². The Kier molecular flexibility index (Phi) is 5.37. The van der Waals surface area contributed by atoms with Gasteiger partial charge in [0.1, 0.15) is 0 Å². The summed E-state index contributed by atoms with van der Waals surface area (Å²) >= 11 is 6.03.